The predicted molar refractivity (Wildman–Crippen MR) is 75.4 cm³/mol. The molecule has 0 unspecified atom stereocenters. The molecular weight excluding hydrogens is 238 g/mol. The SMILES string of the molecule is COc1ccc2nc(-c3ccccc3)ccc2c1O. The maximum atomic E-state index is 10.0. The summed E-state index contributed by atoms with van der Waals surface area (Å²) >= 11 is 0. The predicted octanol–water partition coefficient (Wildman–Crippen LogP) is 3.62. The summed E-state index contributed by atoms with van der Waals surface area (Å²) in [5, 5.41) is 10.7. The molecule has 3 rings (SSSR count). The van der Waals surface area contributed by atoms with Crippen molar-refractivity contribution in [1.82, 2.24) is 4.98 Å². The average Bonchev–Trinajstić information content (AvgIpc) is 2.48. The van der Waals surface area contributed by atoms with Crippen LogP contribution in [0.1, 0.15) is 0 Å². The van der Waals surface area contributed by atoms with Gasteiger partial charge in [-0.3, -0.25) is 0 Å². The van der Waals surface area contributed by atoms with Crippen LogP contribution >= 0.6 is 0 Å². The Bertz CT molecular complexity index is 723. The molecule has 0 radical (unpaired) electrons. The van der Waals surface area contributed by atoms with Gasteiger partial charge < -0.3 is 9.84 Å². The molecule has 0 spiro atoms. The summed E-state index contributed by atoms with van der Waals surface area (Å²) in [7, 11) is 1.53. The fourth-order valence-electron chi connectivity index (χ4n) is 2.10. The van der Waals surface area contributed by atoms with E-state index in [1.807, 2.05) is 48.5 Å². The summed E-state index contributed by atoms with van der Waals surface area (Å²) in [4.78, 5) is 4.57. The molecule has 0 aliphatic carbocycles. The molecule has 19 heavy (non-hydrogen) atoms. The number of methoxy groups -OCH3 is 1. The number of nitrogens with zero attached hydrogens (tertiary/aromatic N) is 1. The third-order valence-corrected chi connectivity index (χ3v) is 3.10. The van der Waals surface area contributed by atoms with Gasteiger partial charge >= 0.3 is 0 Å². The first kappa shape index (κ1) is 11.5. The standard InChI is InChI=1S/C16H13NO2/c1-19-15-10-9-14-12(16(15)18)7-8-13(17-14)11-5-3-2-4-6-11/h2-10,18H,1H3. The minimum atomic E-state index is 0.132. The number of aromatic hydroxyl groups is 1. The Labute approximate surface area is 111 Å². The summed E-state index contributed by atoms with van der Waals surface area (Å²) in [6.45, 7) is 0. The van der Waals surface area contributed by atoms with E-state index >= 15 is 0 Å². The summed E-state index contributed by atoms with van der Waals surface area (Å²) in [5.74, 6) is 0.592. The number of phenols is 1. The van der Waals surface area contributed by atoms with Crippen LogP contribution < -0.4 is 4.74 Å². The second kappa shape index (κ2) is 4.61. The van der Waals surface area contributed by atoms with Gasteiger partial charge in [0.25, 0.3) is 0 Å². The Morgan fingerprint density at radius 3 is 2.47 bits per heavy atom. The van der Waals surface area contributed by atoms with Crippen molar-refractivity contribution in [2.24, 2.45) is 0 Å². The molecule has 0 saturated carbocycles. The lowest BCUT2D eigenvalue weighted by molar-refractivity contribution is 0.376. The van der Waals surface area contributed by atoms with Crippen LogP contribution in [0, 0.1) is 0 Å². The van der Waals surface area contributed by atoms with Crippen molar-refractivity contribution < 1.29 is 9.84 Å². The Morgan fingerprint density at radius 2 is 1.74 bits per heavy atom. The molecule has 1 aromatic heterocycles. The van der Waals surface area contributed by atoms with E-state index in [0.29, 0.717) is 11.1 Å². The highest BCUT2D eigenvalue weighted by Crippen LogP contribution is 2.34. The van der Waals surface area contributed by atoms with Crippen molar-refractivity contribution in [1.29, 1.82) is 0 Å². The minimum absolute atomic E-state index is 0.132. The lowest BCUT2D eigenvalue weighted by atomic mass is 10.1. The van der Waals surface area contributed by atoms with E-state index in [-0.39, 0.29) is 5.75 Å². The zero-order valence-electron chi connectivity index (χ0n) is 10.5. The van der Waals surface area contributed by atoms with Gasteiger partial charge in [-0.25, -0.2) is 4.98 Å². The molecule has 1 heterocycles. The quantitative estimate of drug-likeness (QED) is 0.756. The number of benzene rings is 2. The highest BCUT2D eigenvalue weighted by molar-refractivity contribution is 5.89. The van der Waals surface area contributed by atoms with E-state index < -0.39 is 0 Å². The lowest BCUT2D eigenvalue weighted by Crippen LogP contribution is -1.88. The maximum Gasteiger partial charge on any atom is 0.167 e. The van der Waals surface area contributed by atoms with Crippen LogP contribution in [0.4, 0.5) is 0 Å². The van der Waals surface area contributed by atoms with E-state index in [1.165, 1.54) is 7.11 Å². The number of hydrogen-bond donors (Lipinski definition) is 1. The van der Waals surface area contributed by atoms with Crippen molar-refractivity contribution in [3.05, 3.63) is 54.6 Å². The molecule has 3 nitrogen and oxygen atoms in total. The molecule has 0 bridgehead atoms. The average molecular weight is 251 g/mol. The molecule has 2 aromatic carbocycles. The maximum absolute atomic E-state index is 10.0. The first-order valence-electron chi connectivity index (χ1n) is 6.02. The van der Waals surface area contributed by atoms with Gasteiger partial charge in [-0.1, -0.05) is 30.3 Å². The second-order valence-corrected chi connectivity index (χ2v) is 4.25. The first-order valence-corrected chi connectivity index (χ1v) is 6.02. The molecule has 0 aliphatic heterocycles. The van der Waals surface area contributed by atoms with Gasteiger partial charge in [-0.15, -0.1) is 0 Å². The van der Waals surface area contributed by atoms with Gasteiger partial charge in [0.05, 0.1) is 18.3 Å². The van der Waals surface area contributed by atoms with Crippen LogP contribution in [0.3, 0.4) is 0 Å². The number of phenolic OH excluding ortho intramolecular Hbond substituents is 1. The summed E-state index contributed by atoms with van der Waals surface area (Å²) in [6.07, 6.45) is 0. The van der Waals surface area contributed by atoms with Crippen LogP contribution in [-0.4, -0.2) is 17.2 Å². The lowest BCUT2D eigenvalue weighted by Gasteiger charge is -2.07. The van der Waals surface area contributed by atoms with Crippen LogP contribution in [0.25, 0.3) is 22.2 Å². The molecular formula is C16H13NO2. The smallest absolute Gasteiger partial charge is 0.167 e. The van der Waals surface area contributed by atoms with Crippen LogP contribution in [0.2, 0.25) is 0 Å². The van der Waals surface area contributed by atoms with Gasteiger partial charge in [-0.2, -0.15) is 0 Å². The second-order valence-electron chi connectivity index (χ2n) is 4.25. The third kappa shape index (κ3) is 1.99. The number of hydrogen-bond acceptors (Lipinski definition) is 3. The topological polar surface area (TPSA) is 42.4 Å². The fourth-order valence-corrected chi connectivity index (χ4v) is 2.10. The van der Waals surface area contributed by atoms with Gasteiger partial charge in [0.2, 0.25) is 0 Å². The van der Waals surface area contributed by atoms with Crippen molar-refractivity contribution in [3.63, 3.8) is 0 Å². The monoisotopic (exact) mass is 251 g/mol. The Hall–Kier alpha value is -2.55. The zero-order chi connectivity index (χ0) is 13.2. The largest absolute Gasteiger partial charge is 0.504 e. The summed E-state index contributed by atoms with van der Waals surface area (Å²) < 4.78 is 5.09. The van der Waals surface area contributed by atoms with Crippen molar-refractivity contribution in [2.45, 2.75) is 0 Å². The van der Waals surface area contributed by atoms with Gasteiger partial charge in [-0.05, 0) is 24.3 Å². The van der Waals surface area contributed by atoms with Crippen LogP contribution in [-0.2, 0) is 0 Å². The number of fused-ring (bicyclic) bond motifs is 1. The molecule has 0 fully saturated rings. The van der Waals surface area contributed by atoms with E-state index in [0.717, 1.165) is 16.8 Å². The van der Waals surface area contributed by atoms with E-state index in [1.54, 1.807) is 6.07 Å². The summed E-state index contributed by atoms with van der Waals surface area (Å²) in [5.41, 5.74) is 2.69. The van der Waals surface area contributed by atoms with Crippen LogP contribution in [0.15, 0.2) is 54.6 Å². The van der Waals surface area contributed by atoms with Crippen molar-refractivity contribution in [3.8, 4) is 22.8 Å². The fraction of sp³-hybridized carbons (Fsp3) is 0.0625. The Balaban J connectivity index is 2.18. The molecule has 0 aliphatic rings. The van der Waals surface area contributed by atoms with Gasteiger partial charge in [0, 0.05) is 10.9 Å². The molecule has 3 aromatic rings. The van der Waals surface area contributed by atoms with Crippen molar-refractivity contribution >= 4 is 10.9 Å². The molecule has 3 heteroatoms. The molecule has 1 N–H and O–H groups in total. The van der Waals surface area contributed by atoms with Crippen molar-refractivity contribution in [2.75, 3.05) is 7.11 Å². The van der Waals surface area contributed by atoms with Gasteiger partial charge in [0.15, 0.2) is 11.5 Å². The number of aromatic nitrogens is 1. The molecule has 0 saturated heterocycles. The highest BCUT2D eigenvalue weighted by Gasteiger charge is 2.08. The summed E-state index contributed by atoms with van der Waals surface area (Å²) in [6, 6.07) is 17.3. The molecule has 0 amide bonds. The number of rotatable bonds is 2. The van der Waals surface area contributed by atoms with E-state index in [4.69, 9.17) is 4.74 Å². The first-order chi connectivity index (χ1) is 9.29. The van der Waals surface area contributed by atoms with Crippen LogP contribution in [0.5, 0.6) is 11.5 Å². The minimum Gasteiger partial charge on any atom is -0.504 e. The van der Waals surface area contributed by atoms with Gasteiger partial charge in [0.1, 0.15) is 0 Å². The van der Waals surface area contributed by atoms with E-state index in [9.17, 15) is 5.11 Å². The Kier molecular flexibility index (Phi) is 2.80. The van der Waals surface area contributed by atoms with E-state index in [2.05, 4.69) is 4.98 Å². The number of pyridine rings is 1. The molecule has 94 valence electrons. The number of ether oxygens (including phenoxy) is 1. The zero-order valence-corrected chi connectivity index (χ0v) is 10.5. The third-order valence-electron chi connectivity index (χ3n) is 3.10. The highest BCUT2D eigenvalue weighted by atomic mass is 16.5. The normalized spacial score (nSPS) is 10.6. The Morgan fingerprint density at radius 1 is 0.947 bits per heavy atom. The molecule has 0 atom stereocenters.